The van der Waals surface area contributed by atoms with Crippen LogP contribution in [0.1, 0.15) is 31.8 Å². The Morgan fingerprint density at radius 1 is 0.647 bits per heavy atom. The van der Waals surface area contributed by atoms with Gasteiger partial charge in [0.1, 0.15) is 0 Å². The molecule has 0 atom stereocenters. The molecule has 8 heteroatoms. The Kier molecular flexibility index (Phi) is 8.84. The van der Waals surface area contributed by atoms with E-state index in [2.05, 4.69) is 0 Å². The second kappa shape index (κ2) is 12.0. The predicted molar refractivity (Wildman–Crippen MR) is 137 cm³/mol. The highest BCUT2D eigenvalue weighted by atomic mass is 32.2. The van der Waals surface area contributed by atoms with E-state index in [1.165, 1.54) is 35.7 Å². The highest BCUT2D eigenvalue weighted by Crippen LogP contribution is 2.27. The van der Waals surface area contributed by atoms with Crippen LogP contribution in [-0.4, -0.2) is 22.2 Å². The van der Waals surface area contributed by atoms with E-state index in [1.807, 2.05) is 60.7 Å². The van der Waals surface area contributed by atoms with E-state index in [0.717, 1.165) is 9.79 Å². The van der Waals surface area contributed by atoms with Crippen LogP contribution < -0.4 is 11.5 Å². The first-order valence-electron chi connectivity index (χ1n) is 10.3. The van der Waals surface area contributed by atoms with Gasteiger partial charge in [0.25, 0.3) is 0 Å². The van der Waals surface area contributed by atoms with Crippen LogP contribution in [0.4, 0.5) is 0 Å². The van der Waals surface area contributed by atoms with Gasteiger partial charge in [0.2, 0.25) is 0 Å². The first-order valence-corrected chi connectivity index (χ1v) is 12.0. The van der Waals surface area contributed by atoms with Gasteiger partial charge in [-0.3, -0.25) is 0 Å². The topological polar surface area (TPSA) is 127 Å². The van der Waals surface area contributed by atoms with Crippen molar-refractivity contribution >= 4 is 35.5 Å². The fraction of sp³-hybridized carbons (Fsp3) is 0.0769. The minimum atomic E-state index is -1.15. The summed E-state index contributed by atoms with van der Waals surface area (Å²) in [5.41, 5.74) is 14.0. The number of carboxylic acids is 2. The zero-order valence-electron chi connectivity index (χ0n) is 18.2. The molecule has 0 saturated carbocycles. The van der Waals surface area contributed by atoms with Gasteiger partial charge in [-0.1, -0.05) is 59.9 Å². The fourth-order valence-electron chi connectivity index (χ4n) is 3.27. The molecule has 34 heavy (non-hydrogen) atoms. The quantitative estimate of drug-likeness (QED) is 0.279. The van der Waals surface area contributed by atoms with Crippen molar-refractivity contribution in [1.82, 2.24) is 0 Å². The largest absolute Gasteiger partial charge is 0.478 e. The molecule has 3 rings (SSSR count). The van der Waals surface area contributed by atoms with Crippen LogP contribution in [0.25, 0.3) is 0 Å². The molecule has 0 spiro atoms. The Morgan fingerprint density at radius 3 is 1.32 bits per heavy atom. The van der Waals surface area contributed by atoms with Crippen molar-refractivity contribution < 1.29 is 19.8 Å². The average molecular weight is 493 g/mol. The number of carboxylic acid groups (broad SMARTS) is 2. The second-order valence-corrected chi connectivity index (χ2v) is 9.21. The molecule has 0 aliphatic heterocycles. The molecular formula is C26H24N2O4S2. The van der Waals surface area contributed by atoms with E-state index >= 15 is 0 Å². The molecule has 0 aliphatic rings. The molecule has 0 bridgehead atoms. The van der Waals surface area contributed by atoms with Crippen LogP contribution in [0.2, 0.25) is 0 Å². The van der Waals surface area contributed by atoms with Crippen LogP contribution >= 0.6 is 23.5 Å². The molecule has 0 unspecified atom stereocenters. The number of benzene rings is 3. The van der Waals surface area contributed by atoms with Gasteiger partial charge in [0.15, 0.2) is 0 Å². The van der Waals surface area contributed by atoms with Gasteiger partial charge in [0, 0.05) is 34.0 Å². The molecule has 0 radical (unpaired) electrons. The summed E-state index contributed by atoms with van der Waals surface area (Å²) < 4.78 is 0. The smallest absolute Gasteiger partial charge is 0.335 e. The zero-order chi connectivity index (χ0) is 24.5. The Labute approximate surface area is 206 Å². The Balaban J connectivity index is 1.95. The maximum Gasteiger partial charge on any atom is 0.335 e. The molecule has 6 nitrogen and oxygen atoms in total. The third kappa shape index (κ3) is 6.94. The lowest BCUT2D eigenvalue weighted by Gasteiger charge is -2.16. The van der Waals surface area contributed by atoms with Crippen molar-refractivity contribution in [3.63, 3.8) is 0 Å². The zero-order valence-corrected chi connectivity index (χ0v) is 19.8. The Bertz CT molecular complexity index is 1130. The van der Waals surface area contributed by atoms with Crippen molar-refractivity contribution in [2.75, 3.05) is 0 Å². The van der Waals surface area contributed by atoms with Gasteiger partial charge >= 0.3 is 11.9 Å². The fourth-order valence-corrected chi connectivity index (χ4v) is 4.64. The van der Waals surface area contributed by atoms with Crippen LogP contribution in [0.15, 0.2) is 105 Å². The van der Waals surface area contributed by atoms with E-state index in [9.17, 15) is 19.8 Å². The number of allylic oxidation sites excluding steroid dienone is 2. The minimum Gasteiger partial charge on any atom is -0.478 e. The highest BCUT2D eigenvalue weighted by molar-refractivity contribution is 8.02. The standard InChI is InChI=1S/C26H24N2O4S2/c27-17(15-33-19-7-3-1-4-8-19)13-23-21(25(29)30)11-12-22(26(31)32)24(23)14-18(28)16-34-20-9-5-2-6-10-20/h1-12,15-16H,13-14,27-28H2,(H,29,30)(H,31,32). The lowest BCUT2D eigenvalue weighted by Crippen LogP contribution is -2.16. The van der Waals surface area contributed by atoms with Gasteiger partial charge in [-0.15, -0.1) is 0 Å². The molecule has 0 saturated heterocycles. The lowest BCUT2D eigenvalue weighted by molar-refractivity contribution is 0.0679. The molecule has 3 aromatic rings. The number of hydrogen-bond acceptors (Lipinski definition) is 6. The van der Waals surface area contributed by atoms with Crippen molar-refractivity contribution in [3.05, 3.63) is 117 Å². The molecule has 3 aromatic carbocycles. The summed E-state index contributed by atoms with van der Waals surface area (Å²) in [4.78, 5) is 25.9. The number of nitrogens with two attached hydrogens (primary N) is 2. The van der Waals surface area contributed by atoms with Crippen LogP contribution in [0.5, 0.6) is 0 Å². The minimum absolute atomic E-state index is 0.00423. The SMILES string of the molecule is NC(=CSc1ccccc1)Cc1c(C(=O)O)ccc(C(=O)O)c1CC(N)=CSc1ccccc1. The Morgan fingerprint density at radius 2 is 1.00 bits per heavy atom. The van der Waals surface area contributed by atoms with Crippen LogP contribution in [-0.2, 0) is 12.8 Å². The summed E-state index contributed by atoms with van der Waals surface area (Å²) in [5, 5.41) is 23.0. The maximum absolute atomic E-state index is 11.9. The van der Waals surface area contributed by atoms with Crippen molar-refractivity contribution in [2.24, 2.45) is 11.5 Å². The summed E-state index contributed by atoms with van der Waals surface area (Å²) in [6.45, 7) is 0. The summed E-state index contributed by atoms with van der Waals surface area (Å²) in [5.74, 6) is -2.31. The van der Waals surface area contributed by atoms with Gasteiger partial charge in [-0.05, 0) is 58.3 Å². The maximum atomic E-state index is 11.9. The number of hydrogen-bond donors (Lipinski definition) is 4. The van der Waals surface area contributed by atoms with Gasteiger partial charge < -0.3 is 21.7 Å². The van der Waals surface area contributed by atoms with Crippen molar-refractivity contribution in [1.29, 1.82) is 0 Å². The highest BCUT2D eigenvalue weighted by Gasteiger charge is 2.21. The third-order valence-electron chi connectivity index (χ3n) is 4.83. The number of rotatable bonds is 10. The van der Waals surface area contributed by atoms with E-state index < -0.39 is 11.9 Å². The average Bonchev–Trinajstić information content (AvgIpc) is 2.83. The van der Waals surface area contributed by atoms with Crippen LogP contribution in [0, 0.1) is 0 Å². The summed E-state index contributed by atoms with van der Waals surface area (Å²) in [7, 11) is 0. The normalized spacial score (nSPS) is 11.9. The monoisotopic (exact) mass is 492 g/mol. The molecule has 0 fully saturated rings. The van der Waals surface area contributed by atoms with E-state index in [0.29, 0.717) is 22.5 Å². The Hall–Kier alpha value is -3.62. The molecule has 0 aliphatic carbocycles. The van der Waals surface area contributed by atoms with Gasteiger partial charge in [-0.25, -0.2) is 9.59 Å². The molecule has 0 heterocycles. The van der Waals surface area contributed by atoms with Gasteiger partial charge in [0.05, 0.1) is 11.1 Å². The van der Waals surface area contributed by atoms with Gasteiger partial charge in [-0.2, -0.15) is 0 Å². The molecule has 0 aromatic heterocycles. The second-order valence-electron chi connectivity index (χ2n) is 7.33. The van der Waals surface area contributed by atoms with E-state index in [-0.39, 0.29) is 24.0 Å². The molecule has 6 N–H and O–H groups in total. The summed E-state index contributed by atoms with van der Waals surface area (Å²) in [6, 6.07) is 21.8. The summed E-state index contributed by atoms with van der Waals surface area (Å²) >= 11 is 2.82. The third-order valence-corrected chi connectivity index (χ3v) is 6.76. The van der Waals surface area contributed by atoms with Crippen molar-refractivity contribution in [2.45, 2.75) is 22.6 Å². The van der Waals surface area contributed by atoms with Crippen molar-refractivity contribution in [3.8, 4) is 0 Å². The molecular weight excluding hydrogens is 468 g/mol. The van der Waals surface area contributed by atoms with E-state index in [4.69, 9.17) is 11.5 Å². The van der Waals surface area contributed by atoms with Crippen LogP contribution in [0.3, 0.4) is 0 Å². The number of aromatic carboxylic acids is 2. The predicted octanol–water partition coefficient (Wildman–Crippen LogP) is 5.35. The lowest BCUT2D eigenvalue weighted by atomic mass is 9.90. The summed E-state index contributed by atoms with van der Waals surface area (Å²) in [6.07, 6.45) is 0.161. The first kappa shape index (κ1) is 25.0. The first-order chi connectivity index (χ1) is 16.3. The number of thioether (sulfide) groups is 2. The number of carbonyl (C=O) groups is 2. The molecule has 174 valence electrons. The molecule has 0 amide bonds. The van der Waals surface area contributed by atoms with E-state index in [1.54, 1.807) is 10.8 Å².